The zero-order valence-corrected chi connectivity index (χ0v) is 19.0. The molecular weight excluding hydrogens is 472 g/mol. The highest BCUT2D eigenvalue weighted by Gasteiger charge is 2.38. The van der Waals surface area contributed by atoms with Gasteiger partial charge >= 0.3 is 5.97 Å². The molecule has 1 saturated heterocycles. The van der Waals surface area contributed by atoms with Crippen LogP contribution in [0.15, 0.2) is 35.7 Å². The fourth-order valence-corrected chi connectivity index (χ4v) is 4.49. The Morgan fingerprint density at radius 1 is 1.21 bits per heavy atom. The number of halogens is 2. The van der Waals surface area contributed by atoms with Gasteiger partial charge in [-0.1, -0.05) is 6.07 Å². The summed E-state index contributed by atoms with van der Waals surface area (Å²) in [6.45, 7) is -0.537. The number of thiophene rings is 1. The SMILES string of the molecule is COCC(=O)N1CCN(C(=O)c2cc(F)cc(F)c2)CC1C(=O)NC(CC(=O)O)c1cccs1. The third-order valence-corrected chi connectivity index (χ3v) is 6.24. The average molecular weight is 496 g/mol. The normalized spacial score (nSPS) is 16.7. The van der Waals surface area contributed by atoms with Crippen LogP contribution in [0.2, 0.25) is 0 Å². The van der Waals surface area contributed by atoms with Gasteiger partial charge in [0.2, 0.25) is 11.8 Å². The zero-order valence-electron chi connectivity index (χ0n) is 18.2. The van der Waals surface area contributed by atoms with Crippen LogP contribution in [0.4, 0.5) is 8.78 Å². The average Bonchev–Trinajstić information content (AvgIpc) is 3.32. The van der Waals surface area contributed by atoms with Crippen molar-refractivity contribution in [3.05, 3.63) is 57.8 Å². The highest BCUT2D eigenvalue weighted by molar-refractivity contribution is 7.10. The largest absolute Gasteiger partial charge is 0.481 e. The number of amides is 3. The minimum Gasteiger partial charge on any atom is -0.481 e. The van der Waals surface area contributed by atoms with E-state index >= 15 is 0 Å². The van der Waals surface area contributed by atoms with E-state index in [0.29, 0.717) is 10.9 Å². The van der Waals surface area contributed by atoms with Crippen molar-refractivity contribution >= 4 is 35.0 Å². The lowest BCUT2D eigenvalue weighted by atomic mass is 10.1. The van der Waals surface area contributed by atoms with Crippen molar-refractivity contribution in [2.75, 3.05) is 33.4 Å². The van der Waals surface area contributed by atoms with Crippen molar-refractivity contribution < 1.29 is 37.8 Å². The summed E-state index contributed by atoms with van der Waals surface area (Å²) in [5.41, 5.74) is -0.226. The summed E-state index contributed by atoms with van der Waals surface area (Å²) in [6, 6.07) is 3.82. The summed E-state index contributed by atoms with van der Waals surface area (Å²) in [5.74, 6) is -4.81. The van der Waals surface area contributed by atoms with Crippen molar-refractivity contribution in [3.8, 4) is 0 Å². The van der Waals surface area contributed by atoms with Gasteiger partial charge in [0.05, 0.1) is 19.0 Å². The molecule has 2 heterocycles. The fourth-order valence-electron chi connectivity index (χ4n) is 3.71. The van der Waals surface area contributed by atoms with E-state index in [2.05, 4.69) is 5.32 Å². The number of carbonyl (C=O) groups excluding carboxylic acids is 3. The molecule has 0 radical (unpaired) electrons. The van der Waals surface area contributed by atoms with Crippen molar-refractivity contribution in [3.63, 3.8) is 0 Å². The van der Waals surface area contributed by atoms with Crippen molar-refractivity contribution in [1.82, 2.24) is 15.1 Å². The summed E-state index contributed by atoms with van der Waals surface area (Å²) in [5, 5.41) is 13.7. The Labute approximate surface area is 197 Å². The molecule has 9 nitrogen and oxygen atoms in total. The van der Waals surface area contributed by atoms with Gasteiger partial charge in [0.25, 0.3) is 5.91 Å². The Hall–Kier alpha value is -3.38. The van der Waals surface area contributed by atoms with Gasteiger partial charge < -0.3 is 25.0 Å². The predicted octanol–water partition coefficient (Wildman–Crippen LogP) is 1.66. The van der Waals surface area contributed by atoms with Crippen molar-refractivity contribution in [1.29, 1.82) is 0 Å². The van der Waals surface area contributed by atoms with Crippen LogP contribution < -0.4 is 5.32 Å². The maximum Gasteiger partial charge on any atom is 0.305 e. The first-order valence-corrected chi connectivity index (χ1v) is 11.2. The molecule has 0 spiro atoms. The highest BCUT2D eigenvalue weighted by Crippen LogP contribution is 2.23. The first kappa shape index (κ1) is 25.2. The second-order valence-corrected chi connectivity index (χ2v) is 8.60. The first-order valence-electron chi connectivity index (χ1n) is 10.3. The molecule has 1 aliphatic heterocycles. The van der Waals surface area contributed by atoms with E-state index in [-0.39, 0.29) is 38.2 Å². The second kappa shape index (κ2) is 11.2. The molecule has 2 aromatic rings. The van der Waals surface area contributed by atoms with Gasteiger partial charge in [0, 0.05) is 36.7 Å². The minimum atomic E-state index is -1.16. The number of hydrogen-bond donors (Lipinski definition) is 2. The van der Waals surface area contributed by atoms with E-state index in [0.717, 1.165) is 12.1 Å². The maximum absolute atomic E-state index is 13.6. The van der Waals surface area contributed by atoms with E-state index in [1.807, 2.05) is 0 Å². The number of ether oxygens (including phenoxy) is 1. The van der Waals surface area contributed by atoms with Crippen LogP contribution in [0.25, 0.3) is 0 Å². The molecule has 12 heteroatoms. The lowest BCUT2D eigenvalue weighted by Gasteiger charge is -2.41. The van der Waals surface area contributed by atoms with E-state index in [4.69, 9.17) is 4.74 Å². The molecule has 3 rings (SSSR count). The van der Waals surface area contributed by atoms with Gasteiger partial charge in [-0.25, -0.2) is 8.78 Å². The van der Waals surface area contributed by atoms with Gasteiger partial charge in [-0.15, -0.1) is 11.3 Å². The highest BCUT2D eigenvalue weighted by atomic mass is 32.1. The molecule has 2 N–H and O–H groups in total. The van der Waals surface area contributed by atoms with Crippen LogP contribution in [0.3, 0.4) is 0 Å². The van der Waals surface area contributed by atoms with Crippen LogP contribution in [0.1, 0.15) is 27.7 Å². The quantitative estimate of drug-likeness (QED) is 0.576. The number of rotatable bonds is 8. The van der Waals surface area contributed by atoms with E-state index in [1.54, 1.807) is 17.5 Å². The third kappa shape index (κ3) is 6.14. The number of piperazine rings is 1. The third-order valence-electron chi connectivity index (χ3n) is 5.25. The molecular formula is C22H23F2N3O6S. The molecule has 3 amide bonds. The monoisotopic (exact) mass is 495 g/mol. The van der Waals surface area contributed by atoms with Crippen molar-refractivity contribution in [2.24, 2.45) is 0 Å². The zero-order chi connectivity index (χ0) is 24.8. The van der Waals surface area contributed by atoms with Gasteiger partial charge in [0.15, 0.2) is 0 Å². The molecule has 1 aromatic heterocycles. The number of methoxy groups -OCH3 is 1. The maximum atomic E-state index is 13.6. The van der Waals surface area contributed by atoms with E-state index in [1.165, 1.54) is 28.2 Å². The number of aliphatic carboxylic acids is 1. The Morgan fingerprint density at radius 2 is 1.91 bits per heavy atom. The molecule has 1 aromatic carbocycles. The smallest absolute Gasteiger partial charge is 0.305 e. The standard InChI is InChI=1S/C22H23F2N3O6S/c1-33-12-19(28)27-5-4-26(22(32)13-7-14(23)9-15(24)8-13)11-17(27)21(31)25-16(10-20(29)30)18-3-2-6-34-18/h2-3,6-9,16-17H,4-5,10-12H2,1H3,(H,25,31)(H,29,30). The van der Waals surface area contributed by atoms with E-state index < -0.39 is 47.4 Å². The van der Waals surface area contributed by atoms with Crippen molar-refractivity contribution in [2.45, 2.75) is 18.5 Å². The number of hydrogen-bond acceptors (Lipinski definition) is 6. The van der Waals surface area contributed by atoms with Gasteiger partial charge in [-0.3, -0.25) is 19.2 Å². The van der Waals surface area contributed by atoms with Gasteiger partial charge in [-0.2, -0.15) is 0 Å². The number of carbonyl (C=O) groups is 4. The Balaban J connectivity index is 1.84. The molecule has 0 bridgehead atoms. The number of nitrogens with one attached hydrogen (secondary N) is 1. The van der Waals surface area contributed by atoms with Crippen LogP contribution >= 0.6 is 11.3 Å². The molecule has 0 saturated carbocycles. The topological polar surface area (TPSA) is 116 Å². The number of carboxylic acids is 1. The molecule has 34 heavy (non-hydrogen) atoms. The summed E-state index contributed by atoms with van der Waals surface area (Å²) in [4.78, 5) is 53.1. The van der Waals surface area contributed by atoms with Gasteiger partial charge in [0.1, 0.15) is 24.3 Å². The molecule has 182 valence electrons. The Bertz CT molecular complexity index is 1040. The van der Waals surface area contributed by atoms with E-state index in [9.17, 15) is 33.1 Å². The lowest BCUT2D eigenvalue weighted by molar-refractivity contribution is -0.146. The number of nitrogens with zero attached hydrogens (tertiary/aromatic N) is 2. The second-order valence-electron chi connectivity index (χ2n) is 7.62. The minimum absolute atomic E-state index is 0.0214. The lowest BCUT2D eigenvalue weighted by Crippen LogP contribution is -2.62. The molecule has 2 atom stereocenters. The van der Waals surface area contributed by atoms with Crippen LogP contribution in [-0.4, -0.2) is 78.0 Å². The summed E-state index contributed by atoms with van der Waals surface area (Å²) in [6.07, 6.45) is -0.379. The predicted molar refractivity (Wildman–Crippen MR) is 117 cm³/mol. The van der Waals surface area contributed by atoms with Crippen LogP contribution in [-0.2, 0) is 19.1 Å². The molecule has 1 fully saturated rings. The summed E-state index contributed by atoms with van der Waals surface area (Å²) < 4.78 is 32.1. The number of benzene rings is 1. The molecule has 2 unspecified atom stereocenters. The Morgan fingerprint density at radius 3 is 2.50 bits per heavy atom. The van der Waals surface area contributed by atoms with Gasteiger partial charge in [-0.05, 0) is 23.6 Å². The van der Waals surface area contributed by atoms with Crippen LogP contribution in [0, 0.1) is 11.6 Å². The summed E-state index contributed by atoms with van der Waals surface area (Å²) in [7, 11) is 1.32. The first-order chi connectivity index (χ1) is 16.2. The van der Waals surface area contributed by atoms with Crippen LogP contribution in [0.5, 0.6) is 0 Å². The molecule has 0 aliphatic carbocycles. The number of carboxylic acid groups (broad SMARTS) is 1. The fraction of sp³-hybridized carbons (Fsp3) is 0.364. The summed E-state index contributed by atoms with van der Waals surface area (Å²) >= 11 is 1.27. The molecule has 1 aliphatic rings. The Kier molecular flexibility index (Phi) is 8.29.